The first-order valence-corrected chi connectivity index (χ1v) is 11.6. The van der Waals surface area contributed by atoms with E-state index in [0.717, 1.165) is 5.69 Å². The summed E-state index contributed by atoms with van der Waals surface area (Å²) in [7, 11) is 4.61. The van der Waals surface area contributed by atoms with Crippen LogP contribution < -0.4 is 19.5 Å². The number of aryl methyl sites for hydroxylation is 1. The van der Waals surface area contributed by atoms with Crippen molar-refractivity contribution in [1.82, 2.24) is 29.5 Å². The Morgan fingerprint density at radius 1 is 0.947 bits per heavy atom. The van der Waals surface area contributed by atoms with Crippen LogP contribution in [-0.4, -0.2) is 56.8 Å². The molecule has 0 unspecified atom stereocenters. The number of ether oxygens (including phenoxy) is 3. The highest BCUT2D eigenvalue weighted by molar-refractivity contribution is 6.02. The zero-order valence-corrected chi connectivity index (χ0v) is 21.2. The zero-order valence-electron chi connectivity index (χ0n) is 21.2. The van der Waals surface area contributed by atoms with Gasteiger partial charge < -0.3 is 19.5 Å². The predicted molar refractivity (Wildman–Crippen MR) is 142 cm³/mol. The molecule has 0 fully saturated rings. The van der Waals surface area contributed by atoms with Crippen LogP contribution >= 0.6 is 0 Å². The maximum absolute atomic E-state index is 12.9. The Labute approximate surface area is 218 Å². The number of hydrogen-bond donors (Lipinski definition) is 1. The monoisotopic (exact) mass is 511 g/mol. The van der Waals surface area contributed by atoms with Crippen molar-refractivity contribution < 1.29 is 19.0 Å². The summed E-state index contributed by atoms with van der Waals surface area (Å²) in [6, 6.07) is 15.0. The van der Waals surface area contributed by atoms with E-state index in [9.17, 15) is 4.79 Å². The normalized spacial score (nSPS) is 11.2. The van der Waals surface area contributed by atoms with Crippen molar-refractivity contribution in [3.63, 3.8) is 0 Å². The lowest BCUT2D eigenvalue weighted by molar-refractivity contribution is -0.111. The molecule has 1 amide bonds. The molecule has 0 saturated carbocycles. The summed E-state index contributed by atoms with van der Waals surface area (Å²) < 4.78 is 19.4. The van der Waals surface area contributed by atoms with Crippen LogP contribution in [0.3, 0.4) is 0 Å². The number of anilines is 1. The van der Waals surface area contributed by atoms with Gasteiger partial charge in [0, 0.05) is 12.1 Å². The van der Waals surface area contributed by atoms with E-state index in [1.165, 1.54) is 33.7 Å². The molecule has 0 radical (unpaired) electrons. The standard InChI is InChI=1S/C27H25N7O4/c1-17-12-23(31-24(35)11-10-18-13-21(36-2)25(38-4)22(14-18)37-3)34(32-17)27-20-15-30-33(26(20)28-16-29-27)19-8-6-5-7-9-19/h5-16H,1-4H3,(H,31,35)/b11-10+. The van der Waals surface area contributed by atoms with Crippen LogP contribution in [0.4, 0.5) is 5.82 Å². The first-order chi connectivity index (χ1) is 18.5. The number of nitrogens with zero attached hydrogens (tertiary/aromatic N) is 6. The molecule has 2 aromatic carbocycles. The smallest absolute Gasteiger partial charge is 0.249 e. The van der Waals surface area contributed by atoms with Gasteiger partial charge in [0.2, 0.25) is 11.7 Å². The molecule has 5 aromatic rings. The number of para-hydroxylation sites is 1. The average Bonchev–Trinajstić information content (AvgIpc) is 3.54. The third-order valence-corrected chi connectivity index (χ3v) is 5.74. The number of nitrogens with one attached hydrogen (secondary N) is 1. The van der Waals surface area contributed by atoms with Gasteiger partial charge in [0.15, 0.2) is 23.0 Å². The van der Waals surface area contributed by atoms with E-state index in [1.807, 2.05) is 37.3 Å². The summed E-state index contributed by atoms with van der Waals surface area (Å²) in [6.45, 7) is 1.84. The molecule has 3 aromatic heterocycles. The van der Waals surface area contributed by atoms with E-state index in [1.54, 1.807) is 39.8 Å². The zero-order chi connectivity index (χ0) is 26.6. The quantitative estimate of drug-likeness (QED) is 0.311. The molecule has 5 rings (SSSR count). The highest BCUT2D eigenvalue weighted by Gasteiger charge is 2.17. The second kappa shape index (κ2) is 10.4. The molecule has 1 N–H and O–H groups in total. The lowest BCUT2D eigenvalue weighted by atomic mass is 10.1. The maximum Gasteiger partial charge on any atom is 0.249 e. The summed E-state index contributed by atoms with van der Waals surface area (Å²) in [6.07, 6.45) is 6.20. The van der Waals surface area contributed by atoms with Crippen molar-refractivity contribution in [3.8, 4) is 28.8 Å². The number of carbonyl (C=O) groups excluding carboxylic acids is 1. The second-order valence-corrected chi connectivity index (χ2v) is 8.19. The van der Waals surface area contributed by atoms with Crippen molar-refractivity contribution in [3.05, 3.63) is 78.4 Å². The van der Waals surface area contributed by atoms with Gasteiger partial charge >= 0.3 is 0 Å². The Hall–Kier alpha value is -5.19. The number of hydrogen-bond acceptors (Lipinski definition) is 8. The summed E-state index contributed by atoms with van der Waals surface area (Å²) in [5.41, 5.74) is 2.89. The van der Waals surface area contributed by atoms with Crippen molar-refractivity contribution in [2.45, 2.75) is 6.92 Å². The summed E-state index contributed by atoms with van der Waals surface area (Å²) in [4.78, 5) is 21.8. The van der Waals surface area contributed by atoms with Crippen LogP contribution in [0.5, 0.6) is 17.2 Å². The molecule has 0 saturated heterocycles. The molecule has 0 aliphatic heterocycles. The van der Waals surface area contributed by atoms with Gasteiger partial charge in [-0.3, -0.25) is 4.79 Å². The molecule has 0 spiro atoms. The molecule has 11 nitrogen and oxygen atoms in total. The molecule has 38 heavy (non-hydrogen) atoms. The Kier molecular flexibility index (Phi) is 6.72. The number of carbonyl (C=O) groups is 1. The SMILES string of the molecule is COc1cc(/C=C/C(=O)Nc2cc(C)nn2-c2ncnc3c2cnn3-c2ccccc2)cc(OC)c1OC. The van der Waals surface area contributed by atoms with Crippen LogP contribution in [0.15, 0.2) is 67.1 Å². The van der Waals surface area contributed by atoms with Gasteiger partial charge in [-0.05, 0) is 42.8 Å². The number of benzene rings is 2. The molecule has 0 aliphatic rings. The highest BCUT2D eigenvalue weighted by atomic mass is 16.5. The Balaban J connectivity index is 1.44. The molecule has 11 heteroatoms. The molecular weight excluding hydrogens is 486 g/mol. The van der Waals surface area contributed by atoms with Gasteiger partial charge in [-0.2, -0.15) is 14.9 Å². The Morgan fingerprint density at radius 3 is 2.37 bits per heavy atom. The highest BCUT2D eigenvalue weighted by Crippen LogP contribution is 2.38. The van der Waals surface area contributed by atoms with Crippen LogP contribution in [-0.2, 0) is 4.79 Å². The van der Waals surface area contributed by atoms with Gasteiger partial charge in [-0.1, -0.05) is 18.2 Å². The molecule has 3 heterocycles. The topological polar surface area (TPSA) is 118 Å². The minimum Gasteiger partial charge on any atom is -0.493 e. The van der Waals surface area contributed by atoms with Gasteiger partial charge in [0.1, 0.15) is 12.1 Å². The van der Waals surface area contributed by atoms with Gasteiger partial charge in [0.05, 0.1) is 44.3 Å². The van der Waals surface area contributed by atoms with Crippen molar-refractivity contribution in [2.24, 2.45) is 0 Å². The van der Waals surface area contributed by atoms with E-state index >= 15 is 0 Å². The first-order valence-electron chi connectivity index (χ1n) is 11.6. The lowest BCUT2D eigenvalue weighted by Gasteiger charge is -2.12. The van der Waals surface area contributed by atoms with Crippen LogP contribution in [0.2, 0.25) is 0 Å². The number of methoxy groups -OCH3 is 3. The minimum atomic E-state index is -0.356. The fourth-order valence-corrected chi connectivity index (χ4v) is 4.05. The number of rotatable bonds is 8. The largest absolute Gasteiger partial charge is 0.493 e. The Bertz CT molecular complexity index is 1620. The molecule has 192 valence electrons. The molecule has 0 bridgehead atoms. The van der Waals surface area contributed by atoms with Crippen molar-refractivity contribution >= 4 is 28.8 Å². The third-order valence-electron chi connectivity index (χ3n) is 5.74. The van der Waals surface area contributed by atoms with Crippen molar-refractivity contribution in [1.29, 1.82) is 0 Å². The predicted octanol–water partition coefficient (Wildman–Crippen LogP) is 3.99. The van der Waals surface area contributed by atoms with Crippen LogP contribution in [0.25, 0.3) is 28.6 Å². The van der Waals surface area contributed by atoms with E-state index in [4.69, 9.17) is 14.2 Å². The summed E-state index contributed by atoms with van der Waals surface area (Å²) in [5.74, 6) is 2.05. The fourth-order valence-electron chi connectivity index (χ4n) is 4.05. The third kappa shape index (κ3) is 4.64. The molecule has 0 atom stereocenters. The van der Waals surface area contributed by atoms with E-state index in [0.29, 0.717) is 51.2 Å². The first kappa shape index (κ1) is 24.5. The van der Waals surface area contributed by atoms with E-state index in [-0.39, 0.29) is 5.91 Å². The average molecular weight is 512 g/mol. The number of fused-ring (bicyclic) bond motifs is 1. The van der Waals surface area contributed by atoms with Gasteiger partial charge in [0.25, 0.3) is 0 Å². The molecular formula is C27H25N7O4. The van der Waals surface area contributed by atoms with E-state index in [2.05, 4.69) is 25.5 Å². The van der Waals surface area contributed by atoms with Gasteiger partial charge in [-0.15, -0.1) is 0 Å². The van der Waals surface area contributed by atoms with Crippen LogP contribution in [0.1, 0.15) is 11.3 Å². The number of aromatic nitrogens is 6. The maximum atomic E-state index is 12.9. The second-order valence-electron chi connectivity index (χ2n) is 8.19. The lowest BCUT2D eigenvalue weighted by Crippen LogP contribution is -2.13. The van der Waals surface area contributed by atoms with Crippen molar-refractivity contribution in [2.75, 3.05) is 26.6 Å². The number of amides is 1. The van der Waals surface area contributed by atoms with Gasteiger partial charge in [-0.25, -0.2) is 14.6 Å². The van der Waals surface area contributed by atoms with Crippen LogP contribution in [0, 0.1) is 6.92 Å². The summed E-state index contributed by atoms with van der Waals surface area (Å²) >= 11 is 0. The molecule has 0 aliphatic carbocycles. The minimum absolute atomic E-state index is 0.356. The summed E-state index contributed by atoms with van der Waals surface area (Å²) in [5, 5.41) is 12.6. The Morgan fingerprint density at radius 2 is 1.68 bits per heavy atom. The van der Waals surface area contributed by atoms with E-state index < -0.39 is 0 Å². The fraction of sp³-hybridized carbons (Fsp3) is 0.148.